The fraction of sp³-hybridized carbons (Fsp3) is 0.235. The standard InChI is InChI=1S/C17H16ClF3N2O/c18-13-7-5-12(6-8-13)11-22-10-9-16(24)23-15-4-2-1-3-14(15)17(19,20)21/h1-8,22H,9-11H2,(H,23,24). The Hall–Kier alpha value is -2.05. The Labute approximate surface area is 142 Å². The van der Waals surface area contributed by atoms with Crippen molar-refractivity contribution in [1.29, 1.82) is 0 Å². The summed E-state index contributed by atoms with van der Waals surface area (Å²) in [5, 5.41) is 6.00. The van der Waals surface area contributed by atoms with Crippen LogP contribution in [0.5, 0.6) is 0 Å². The molecule has 24 heavy (non-hydrogen) atoms. The van der Waals surface area contributed by atoms with Crippen LogP contribution in [0.15, 0.2) is 48.5 Å². The zero-order valence-electron chi connectivity index (χ0n) is 12.7. The van der Waals surface area contributed by atoms with Crippen LogP contribution in [0.3, 0.4) is 0 Å². The predicted octanol–water partition coefficient (Wildman–Crippen LogP) is 4.48. The third-order valence-corrected chi connectivity index (χ3v) is 3.53. The van der Waals surface area contributed by atoms with E-state index in [1.165, 1.54) is 18.2 Å². The predicted molar refractivity (Wildman–Crippen MR) is 87.8 cm³/mol. The largest absolute Gasteiger partial charge is 0.418 e. The fourth-order valence-corrected chi connectivity index (χ4v) is 2.21. The minimum Gasteiger partial charge on any atom is -0.325 e. The summed E-state index contributed by atoms with van der Waals surface area (Å²) in [4.78, 5) is 11.8. The molecule has 7 heteroatoms. The van der Waals surface area contributed by atoms with Gasteiger partial charge in [0.25, 0.3) is 0 Å². The van der Waals surface area contributed by atoms with E-state index < -0.39 is 17.6 Å². The highest BCUT2D eigenvalue weighted by Crippen LogP contribution is 2.34. The molecule has 2 aromatic carbocycles. The van der Waals surface area contributed by atoms with Crippen molar-refractivity contribution >= 4 is 23.2 Å². The minimum absolute atomic E-state index is 0.0692. The van der Waals surface area contributed by atoms with Crippen LogP contribution in [0.2, 0.25) is 5.02 Å². The number of hydrogen-bond acceptors (Lipinski definition) is 2. The summed E-state index contributed by atoms with van der Waals surface area (Å²) in [5.41, 5.74) is -0.0811. The molecule has 2 N–H and O–H groups in total. The van der Waals surface area contributed by atoms with Crippen LogP contribution in [0, 0.1) is 0 Å². The molecule has 0 bridgehead atoms. The van der Waals surface area contributed by atoms with Gasteiger partial charge in [-0.2, -0.15) is 13.2 Å². The third-order valence-electron chi connectivity index (χ3n) is 3.28. The summed E-state index contributed by atoms with van der Waals surface area (Å²) in [7, 11) is 0. The molecule has 0 aromatic heterocycles. The number of carbonyl (C=O) groups is 1. The third kappa shape index (κ3) is 5.54. The molecule has 0 fully saturated rings. The molecule has 0 unspecified atom stereocenters. The van der Waals surface area contributed by atoms with Gasteiger partial charge >= 0.3 is 6.18 Å². The second kappa shape index (κ2) is 8.17. The average molecular weight is 357 g/mol. The normalized spacial score (nSPS) is 11.3. The molecule has 0 aliphatic heterocycles. The van der Waals surface area contributed by atoms with Crippen LogP contribution in [-0.2, 0) is 17.5 Å². The molecule has 2 rings (SSSR count). The van der Waals surface area contributed by atoms with Crippen molar-refractivity contribution in [2.45, 2.75) is 19.1 Å². The Kier molecular flexibility index (Phi) is 6.23. The van der Waals surface area contributed by atoms with E-state index in [-0.39, 0.29) is 12.1 Å². The summed E-state index contributed by atoms with van der Waals surface area (Å²) < 4.78 is 38.5. The topological polar surface area (TPSA) is 41.1 Å². The van der Waals surface area contributed by atoms with E-state index in [0.717, 1.165) is 11.6 Å². The van der Waals surface area contributed by atoms with E-state index in [2.05, 4.69) is 10.6 Å². The summed E-state index contributed by atoms with van der Waals surface area (Å²) in [5.74, 6) is -0.477. The average Bonchev–Trinajstić information content (AvgIpc) is 2.53. The number of alkyl halides is 3. The van der Waals surface area contributed by atoms with Crippen molar-refractivity contribution in [2.75, 3.05) is 11.9 Å². The zero-order valence-corrected chi connectivity index (χ0v) is 13.4. The number of para-hydroxylation sites is 1. The molecule has 0 spiro atoms. The number of rotatable bonds is 6. The van der Waals surface area contributed by atoms with Gasteiger partial charge in [0.1, 0.15) is 0 Å². The van der Waals surface area contributed by atoms with E-state index in [0.29, 0.717) is 18.1 Å². The second-order valence-electron chi connectivity index (χ2n) is 5.14. The molecule has 1 amide bonds. The maximum atomic E-state index is 12.8. The molecular formula is C17H16ClF3N2O. The van der Waals surface area contributed by atoms with E-state index in [9.17, 15) is 18.0 Å². The maximum absolute atomic E-state index is 12.8. The van der Waals surface area contributed by atoms with E-state index in [1.807, 2.05) is 12.1 Å². The van der Waals surface area contributed by atoms with Gasteiger partial charge in [0, 0.05) is 24.5 Å². The second-order valence-corrected chi connectivity index (χ2v) is 5.58. The summed E-state index contributed by atoms with van der Waals surface area (Å²) in [6, 6.07) is 12.1. The maximum Gasteiger partial charge on any atom is 0.418 e. The highest BCUT2D eigenvalue weighted by atomic mass is 35.5. The SMILES string of the molecule is O=C(CCNCc1ccc(Cl)cc1)Nc1ccccc1C(F)(F)F. The van der Waals surface area contributed by atoms with Gasteiger partial charge in [-0.3, -0.25) is 4.79 Å². The van der Waals surface area contributed by atoms with Gasteiger partial charge in [-0.05, 0) is 29.8 Å². The molecule has 0 aliphatic rings. The van der Waals surface area contributed by atoms with Crippen LogP contribution in [-0.4, -0.2) is 12.5 Å². The van der Waals surface area contributed by atoms with Gasteiger partial charge in [0.15, 0.2) is 0 Å². The quantitative estimate of drug-likeness (QED) is 0.749. The molecule has 0 atom stereocenters. The van der Waals surface area contributed by atoms with Crippen LogP contribution in [0.25, 0.3) is 0 Å². The Morgan fingerprint density at radius 3 is 2.38 bits per heavy atom. The first kappa shape index (κ1) is 18.3. The Bertz CT molecular complexity index is 687. The lowest BCUT2D eigenvalue weighted by Gasteiger charge is -2.13. The van der Waals surface area contributed by atoms with Crippen LogP contribution in [0.4, 0.5) is 18.9 Å². The number of carbonyl (C=O) groups excluding carboxylic acids is 1. The minimum atomic E-state index is -4.50. The number of nitrogens with one attached hydrogen (secondary N) is 2. The lowest BCUT2D eigenvalue weighted by Crippen LogP contribution is -2.22. The van der Waals surface area contributed by atoms with Crippen LogP contribution < -0.4 is 10.6 Å². The summed E-state index contributed by atoms with van der Waals surface area (Å²) >= 11 is 5.78. The van der Waals surface area contributed by atoms with Crippen molar-refractivity contribution in [1.82, 2.24) is 5.32 Å². The molecular weight excluding hydrogens is 341 g/mol. The van der Waals surface area contributed by atoms with Crippen molar-refractivity contribution in [3.05, 3.63) is 64.7 Å². The zero-order chi connectivity index (χ0) is 17.6. The lowest BCUT2D eigenvalue weighted by molar-refractivity contribution is -0.137. The molecule has 0 aliphatic carbocycles. The number of anilines is 1. The van der Waals surface area contributed by atoms with Crippen LogP contribution >= 0.6 is 11.6 Å². The van der Waals surface area contributed by atoms with Gasteiger partial charge in [-0.25, -0.2) is 0 Å². The molecule has 0 heterocycles. The van der Waals surface area contributed by atoms with Crippen molar-refractivity contribution in [3.63, 3.8) is 0 Å². The van der Waals surface area contributed by atoms with Gasteiger partial charge in [0.2, 0.25) is 5.91 Å². The number of halogens is 4. The van der Waals surface area contributed by atoms with Crippen LogP contribution in [0.1, 0.15) is 17.5 Å². The lowest BCUT2D eigenvalue weighted by atomic mass is 10.1. The highest BCUT2D eigenvalue weighted by molar-refractivity contribution is 6.30. The van der Waals surface area contributed by atoms with Crippen molar-refractivity contribution < 1.29 is 18.0 Å². The van der Waals surface area contributed by atoms with E-state index in [4.69, 9.17) is 11.6 Å². The molecule has 2 aromatic rings. The Morgan fingerprint density at radius 2 is 1.71 bits per heavy atom. The Morgan fingerprint density at radius 1 is 1.04 bits per heavy atom. The van der Waals surface area contributed by atoms with Gasteiger partial charge in [0.05, 0.1) is 11.3 Å². The molecule has 0 radical (unpaired) electrons. The van der Waals surface area contributed by atoms with Crippen molar-refractivity contribution in [3.8, 4) is 0 Å². The fourth-order valence-electron chi connectivity index (χ4n) is 2.09. The van der Waals surface area contributed by atoms with Gasteiger partial charge < -0.3 is 10.6 Å². The van der Waals surface area contributed by atoms with E-state index in [1.54, 1.807) is 12.1 Å². The summed E-state index contributed by atoms with van der Waals surface area (Å²) in [6.45, 7) is 0.895. The molecule has 0 saturated carbocycles. The van der Waals surface area contributed by atoms with E-state index >= 15 is 0 Å². The first-order valence-electron chi connectivity index (χ1n) is 7.27. The first-order chi connectivity index (χ1) is 11.4. The number of benzene rings is 2. The smallest absolute Gasteiger partial charge is 0.325 e. The molecule has 0 saturated heterocycles. The monoisotopic (exact) mass is 356 g/mol. The highest BCUT2D eigenvalue weighted by Gasteiger charge is 2.33. The molecule has 3 nitrogen and oxygen atoms in total. The summed E-state index contributed by atoms with van der Waals surface area (Å²) in [6.07, 6.45) is -4.43. The van der Waals surface area contributed by atoms with Gasteiger partial charge in [-0.15, -0.1) is 0 Å². The Balaban J connectivity index is 1.81. The number of hydrogen-bond donors (Lipinski definition) is 2. The van der Waals surface area contributed by atoms with Crippen molar-refractivity contribution in [2.24, 2.45) is 0 Å². The molecule has 128 valence electrons. The van der Waals surface area contributed by atoms with Gasteiger partial charge in [-0.1, -0.05) is 35.9 Å². The number of amides is 1. The first-order valence-corrected chi connectivity index (χ1v) is 7.65.